The first-order valence-corrected chi connectivity index (χ1v) is 7.20. The van der Waals surface area contributed by atoms with Gasteiger partial charge in [-0.2, -0.15) is 5.10 Å². The zero-order valence-electron chi connectivity index (χ0n) is 10.4. The number of hydrogen-bond acceptors (Lipinski definition) is 2. The summed E-state index contributed by atoms with van der Waals surface area (Å²) < 4.78 is 5.84. The molecule has 2 heterocycles. The molecular weight excluding hydrogens is 324 g/mol. The number of H-pyrrole nitrogens is 1. The molecular formula is C13H13BrN4S. The van der Waals surface area contributed by atoms with Crippen molar-refractivity contribution < 1.29 is 0 Å². The van der Waals surface area contributed by atoms with Gasteiger partial charge in [0.2, 0.25) is 0 Å². The summed E-state index contributed by atoms with van der Waals surface area (Å²) in [7, 11) is 1.96. The monoisotopic (exact) mass is 336 g/mol. The molecule has 0 aliphatic rings. The van der Waals surface area contributed by atoms with E-state index in [0.717, 1.165) is 33.2 Å². The summed E-state index contributed by atoms with van der Waals surface area (Å²) in [6.07, 6.45) is 2.73. The van der Waals surface area contributed by atoms with E-state index >= 15 is 0 Å². The van der Waals surface area contributed by atoms with E-state index in [9.17, 15) is 0 Å². The number of nitrogens with zero attached hydrogens (tertiary/aromatic N) is 3. The average molecular weight is 337 g/mol. The molecule has 0 spiro atoms. The highest BCUT2D eigenvalue weighted by atomic mass is 79.9. The molecule has 4 nitrogen and oxygen atoms in total. The third kappa shape index (κ3) is 2.37. The normalized spacial score (nSPS) is 11.3. The van der Waals surface area contributed by atoms with Crippen molar-refractivity contribution in [3.8, 4) is 0 Å². The van der Waals surface area contributed by atoms with Crippen molar-refractivity contribution in [2.75, 3.05) is 0 Å². The predicted molar refractivity (Wildman–Crippen MR) is 81.7 cm³/mol. The Balaban J connectivity index is 1.95. The van der Waals surface area contributed by atoms with Crippen LogP contribution in [0.5, 0.6) is 0 Å². The van der Waals surface area contributed by atoms with Crippen LogP contribution < -0.4 is 0 Å². The van der Waals surface area contributed by atoms with Crippen LogP contribution in [-0.2, 0) is 20.0 Å². The highest BCUT2D eigenvalue weighted by Gasteiger charge is 2.06. The summed E-state index contributed by atoms with van der Waals surface area (Å²) in [5, 5.41) is 4.18. The van der Waals surface area contributed by atoms with Gasteiger partial charge in [-0.1, -0.05) is 15.9 Å². The number of imidazole rings is 1. The van der Waals surface area contributed by atoms with E-state index < -0.39 is 0 Å². The van der Waals surface area contributed by atoms with Crippen LogP contribution in [0.4, 0.5) is 0 Å². The van der Waals surface area contributed by atoms with Crippen molar-refractivity contribution in [1.29, 1.82) is 0 Å². The third-order valence-corrected chi connectivity index (χ3v) is 4.07. The first kappa shape index (κ1) is 12.6. The molecule has 0 radical (unpaired) electrons. The quantitative estimate of drug-likeness (QED) is 0.744. The Morgan fingerprint density at radius 3 is 2.95 bits per heavy atom. The second-order valence-electron chi connectivity index (χ2n) is 4.44. The first-order chi connectivity index (χ1) is 9.15. The smallest absolute Gasteiger partial charge is 0.178 e. The number of aryl methyl sites for hydroxylation is 3. The molecule has 6 heteroatoms. The van der Waals surface area contributed by atoms with Crippen LogP contribution in [0.2, 0.25) is 0 Å². The number of halogens is 1. The molecule has 98 valence electrons. The Morgan fingerprint density at radius 2 is 2.21 bits per heavy atom. The van der Waals surface area contributed by atoms with E-state index in [1.165, 1.54) is 5.69 Å². The molecule has 0 aliphatic heterocycles. The van der Waals surface area contributed by atoms with Crippen molar-refractivity contribution in [2.45, 2.75) is 13.0 Å². The van der Waals surface area contributed by atoms with Crippen LogP contribution in [0, 0.1) is 4.77 Å². The number of fused-ring (bicyclic) bond motifs is 1. The molecule has 3 rings (SSSR count). The maximum absolute atomic E-state index is 5.39. The zero-order valence-corrected chi connectivity index (χ0v) is 12.8. The SMILES string of the molecule is Cn1nccc1CCn1c(=S)[nH]c2cc(Br)ccc21. The van der Waals surface area contributed by atoms with Gasteiger partial charge in [-0.05, 0) is 36.5 Å². The van der Waals surface area contributed by atoms with Gasteiger partial charge in [-0.25, -0.2) is 0 Å². The zero-order chi connectivity index (χ0) is 13.4. The Hall–Kier alpha value is -1.40. The van der Waals surface area contributed by atoms with Crippen LogP contribution in [0.15, 0.2) is 34.9 Å². The van der Waals surface area contributed by atoms with Gasteiger partial charge in [0, 0.05) is 36.4 Å². The summed E-state index contributed by atoms with van der Waals surface area (Å²) in [6, 6.07) is 8.20. The number of nitrogens with one attached hydrogen (secondary N) is 1. The average Bonchev–Trinajstić information content (AvgIpc) is 2.90. The molecule has 19 heavy (non-hydrogen) atoms. The Bertz CT molecular complexity index is 783. The van der Waals surface area contributed by atoms with Gasteiger partial charge in [0.25, 0.3) is 0 Å². The summed E-state index contributed by atoms with van der Waals surface area (Å²) in [5.74, 6) is 0. The van der Waals surface area contributed by atoms with Gasteiger partial charge >= 0.3 is 0 Å². The van der Waals surface area contributed by atoms with E-state index in [1.54, 1.807) is 0 Å². The molecule has 2 aromatic heterocycles. The molecule has 0 saturated heterocycles. The summed E-state index contributed by atoms with van der Waals surface area (Å²) in [6.45, 7) is 0.847. The van der Waals surface area contributed by atoms with Crippen molar-refractivity contribution in [2.24, 2.45) is 7.05 Å². The van der Waals surface area contributed by atoms with Crippen molar-refractivity contribution in [3.05, 3.63) is 45.4 Å². The van der Waals surface area contributed by atoms with Crippen LogP contribution in [-0.4, -0.2) is 19.3 Å². The van der Waals surface area contributed by atoms with Crippen molar-refractivity contribution >= 4 is 39.2 Å². The fourth-order valence-corrected chi connectivity index (χ4v) is 2.89. The molecule has 0 bridgehead atoms. The van der Waals surface area contributed by atoms with Gasteiger partial charge in [0.05, 0.1) is 11.0 Å². The lowest BCUT2D eigenvalue weighted by Crippen LogP contribution is -2.05. The Morgan fingerprint density at radius 1 is 1.37 bits per heavy atom. The van der Waals surface area contributed by atoms with Gasteiger partial charge < -0.3 is 9.55 Å². The predicted octanol–water partition coefficient (Wildman–Crippen LogP) is 3.44. The van der Waals surface area contributed by atoms with Gasteiger partial charge in [0.1, 0.15) is 0 Å². The minimum Gasteiger partial charge on any atom is -0.331 e. The maximum Gasteiger partial charge on any atom is 0.178 e. The van der Waals surface area contributed by atoms with E-state index in [0.29, 0.717) is 0 Å². The van der Waals surface area contributed by atoms with Crippen LogP contribution >= 0.6 is 28.1 Å². The molecule has 1 aromatic carbocycles. The van der Waals surface area contributed by atoms with Crippen molar-refractivity contribution in [3.63, 3.8) is 0 Å². The van der Waals surface area contributed by atoms with Crippen molar-refractivity contribution in [1.82, 2.24) is 19.3 Å². The fraction of sp³-hybridized carbons (Fsp3) is 0.231. The minimum absolute atomic E-state index is 0.760. The number of aromatic nitrogens is 4. The molecule has 0 amide bonds. The van der Waals surface area contributed by atoms with Gasteiger partial charge in [-0.15, -0.1) is 0 Å². The number of benzene rings is 1. The highest BCUT2D eigenvalue weighted by Crippen LogP contribution is 2.19. The molecule has 0 atom stereocenters. The highest BCUT2D eigenvalue weighted by molar-refractivity contribution is 9.10. The lowest BCUT2D eigenvalue weighted by atomic mass is 10.3. The molecule has 3 aromatic rings. The fourth-order valence-electron chi connectivity index (χ4n) is 2.23. The van der Waals surface area contributed by atoms with Crippen LogP contribution in [0.1, 0.15) is 5.69 Å². The maximum atomic E-state index is 5.39. The minimum atomic E-state index is 0.760. The third-order valence-electron chi connectivity index (χ3n) is 3.25. The lowest BCUT2D eigenvalue weighted by Gasteiger charge is -2.05. The second kappa shape index (κ2) is 4.94. The second-order valence-corrected chi connectivity index (χ2v) is 5.74. The Labute approximate surface area is 124 Å². The topological polar surface area (TPSA) is 38.5 Å². The number of hydrogen-bond donors (Lipinski definition) is 1. The van der Waals surface area contributed by atoms with Crippen LogP contribution in [0.3, 0.4) is 0 Å². The number of aromatic amines is 1. The summed E-state index contributed by atoms with van der Waals surface area (Å²) in [5.41, 5.74) is 3.40. The van der Waals surface area contributed by atoms with E-state index in [1.807, 2.05) is 36.1 Å². The Kier molecular flexibility index (Phi) is 3.28. The number of rotatable bonds is 3. The van der Waals surface area contributed by atoms with Gasteiger partial charge in [-0.3, -0.25) is 4.68 Å². The summed E-state index contributed by atoms with van der Waals surface area (Å²) in [4.78, 5) is 3.24. The van der Waals surface area contributed by atoms with E-state index in [-0.39, 0.29) is 0 Å². The molecule has 0 fully saturated rings. The van der Waals surface area contributed by atoms with Crippen LogP contribution in [0.25, 0.3) is 11.0 Å². The standard InChI is InChI=1S/C13H13BrN4S/c1-17-10(4-6-15-17)5-7-18-12-3-2-9(14)8-11(12)16-13(18)19/h2-4,6,8H,5,7H2,1H3,(H,16,19). The lowest BCUT2D eigenvalue weighted by molar-refractivity contribution is 0.642. The summed E-state index contributed by atoms with van der Waals surface area (Å²) >= 11 is 8.86. The molecule has 0 saturated carbocycles. The molecule has 0 unspecified atom stereocenters. The van der Waals surface area contributed by atoms with E-state index in [4.69, 9.17) is 12.2 Å². The van der Waals surface area contributed by atoms with Gasteiger partial charge in [0.15, 0.2) is 4.77 Å². The molecule has 1 N–H and O–H groups in total. The first-order valence-electron chi connectivity index (χ1n) is 6.00. The largest absolute Gasteiger partial charge is 0.331 e. The molecule has 0 aliphatic carbocycles. The van der Waals surface area contributed by atoms with E-state index in [2.05, 4.69) is 36.6 Å².